The zero-order chi connectivity index (χ0) is 17.9. The molecule has 0 spiro atoms. The van der Waals surface area contributed by atoms with Gasteiger partial charge in [-0.25, -0.2) is 4.79 Å². The maximum Gasteiger partial charge on any atom is 0.325 e. The second kappa shape index (κ2) is 6.99. The lowest BCUT2D eigenvalue weighted by atomic mass is 10.1. The molecule has 1 aliphatic rings. The molecule has 0 aromatic heterocycles. The number of urea groups is 1. The molecule has 1 atom stereocenters. The Morgan fingerprint density at radius 2 is 1.96 bits per heavy atom. The minimum atomic E-state index is -1.14. The molecule has 4 amide bonds. The van der Waals surface area contributed by atoms with Crippen molar-refractivity contribution < 1.29 is 29.4 Å². The minimum Gasteiger partial charge on any atom is -0.504 e. The number of carbonyl (C=O) groups excluding carboxylic acids is 4. The van der Waals surface area contributed by atoms with E-state index in [4.69, 9.17) is 0 Å². The summed E-state index contributed by atoms with van der Waals surface area (Å²) in [5.41, 5.74) is 0.222. The van der Waals surface area contributed by atoms with Crippen LogP contribution in [0.3, 0.4) is 0 Å². The number of benzene rings is 1. The van der Waals surface area contributed by atoms with Gasteiger partial charge in [-0.3, -0.25) is 14.5 Å². The maximum atomic E-state index is 12.2. The van der Waals surface area contributed by atoms with Crippen molar-refractivity contribution in [2.24, 2.45) is 0 Å². The monoisotopic (exact) mass is 335 g/mol. The summed E-state index contributed by atoms with van der Waals surface area (Å²) in [7, 11) is 0. The first kappa shape index (κ1) is 17.3. The lowest BCUT2D eigenvalue weighted by Crippen LogP contribution is -2.58. The molecule has 0 saturated carbocycles. The fourth-order valence-electron chi connectivity index (χ4n) is 2.31. The van der Waals surface area contributed by atoms with Gasteiger partial charge in [0, 0.05) is 19.6 Å². The first-order valence-corrected chi connectivity index (χ1v) is 7.27. The fraction of sp³-hybridized carbons (Fsp3) is 0.333. The average molecular weight is 335 g/mol. The van der Waals surface area contributed by atoms with E-state index < -0.39 is 29.6 Å². The Balaban J connectivity index is 2.12. The van der Waals surface area contributed by atoms with Gasteiger partial charge < -0.3 is 25.2 Å². The van der Waals surface area contributed by atoms with Crippen LogP contribution >= 0.6 is 0 Å². The van der Waals surface area contributed by atoms with E-state index in [-0.39, 0.29) is 24.4 Å². The Bertz CT molecular complexity index is 690. The van der Waals surface area contributed by atoms with E-state index in [0.717, 1.165) is 11.0 Å². The predicted octanol–water partition coefficient (Wildman–Crippen LogP) is -0.262. The van der Waals surface area contributed by atoms with Gasteiger partial charge in [0.1, 0.15) is 12.3 Å². The number of imide groups is 1. The molecule has 9 nitrogen and oxygen atoms in total. The number of hydrogen-bond acceptors (Lipinski definition) is 6. The van der Waals surface area contributed by atoms with Gasteiger partial charge in [-0.15, -0.1) is 0 Å². The van der Waals surface area contributed by atoms with Crippen molar-refractivity contribution >= 4 is 24.1 Å². The average Bonchev–Trinajstić information content (AvgIpc) is 2.57. The number of carbonyl (C=O) groups is 4. The van der Waals surface area contributed by atoms with Crippen LogP contribution in [0.15, 0.2) is 18.2 Å². The summed E-state index contributed by atoms with van der Waals surface area (Å²) in [6.07, 6.45) is 0.415. The summed E-state index contributed by atoms with van der Waals surface area (Å²) in [5, 5.41) is 21.1. The number of nitrogens with one attached hydrogen (secondary N) is 1. The number of likely N-dealkylation sites (N-methyl/N-ethyl adjacent to an activating group) is 1. The summed E-state index contributed by atoms with van der Waals surface area (Å²) >= 11 is 0. The number of amides is 4. The van der Waals surface area contributed by atoms with Crippen LogP contribution in [0.2, 0.25) is 0 Å². The molecule has 1 unspecified atom stereocenters. The van der Waals surface area contributed by atoms with Crippen LogP contribution in [0.25, 0.3) is 0 Å². The van der Waals surface area contributed by atoms with Crippen LogP contribution in [0.5, 0.6) is 11.5 Å². The molecule has 9 heteroatoms. The van der Waals surface area contributed by atoms with Crippen LogP contribution in [0, 0.1) is 0 Å². The highest BCUT2D eigenvalue weighted by Gasteiger charge is 2.36. The van der Waals surface area contributed by atoms with Crippen LogP contribution in [0.4, 0.5) is 4.79 Å². The van der Waals surface area contributed by atoms with Crippen molar-refractivity contribution in [1.29, 1.82) is 0 Å². The van der Waals surface area contributed by atoms with E-state index in [1.807, 2.05) is 0 Å². The molecule has 128 valence electrons. The largest absolute Gasteiger partial charge is 0.504 e. The topological polar surface area (TPSA) is 127 Å². The number of hydrogen-bond donors (Lipinski definition) is 3. The van der Waals surface area contributed by atoms with Crippen LogP contribution in [-0.2, 0) is 14.4 Å². The smallest absolute Gasteiger partial charge is 0.325 e. The second-order valence-corrected chi connectivity index (χ2v) is 5.15. The zero-order valence-electron chi connectivity index (χ0n) is 12.9. The molecule has 0 radical (unpaired) electrons. The molecule has 24 heavy (non-hydrogen) atoms. The van der Waals surface area contributed by atoms with Crippen molar-refractivity contribution in [2.45, 2.75) is 13.0 Å². The Morgan fingerprint density at radius 3 is 2.54 bits per heavy atom. The third kappa shape index (κ3) is 3.29. The summed E-state index contributed by atoms with van der Waals surface area (Å²) in [6, 6.07) is 1.61. The van der Waals surface area contributed by atoms with Crippen molar-refractivity contribution in [3.8, 4) is 11.5 Å². The summed E-state index contributed by atoms with van der Waals surface area (Å²) in [5.74, 6) is -2.55. The third-order valence-corrected chi connectivity index (χ3v) is 3.71. The number of piperazine rings is 1. The van der Waals surface area contributed by atoms with E-state index in [1.54, 1.807) is 6.92 Å². The lowest BCUT2D eigenvalue weighted by molar-refractivity contribution is -0.153. The van der Waals surface area contributed by atoms with Gasteiger partial charge in [0.25, 0.3) is 0 Å². The van der Waals surface area contributed by atoms with E-state index in [2.05, 4.69) is 5.32 Å². The van der Waals surface area contributed by atoms with Crippen molar-refractivity contribution in [3.63, 3.8) is 0 Å². The predicted molar refractivity (Wildman–Crippen MR) is 81.1 cm³/mol. The van der Waals surface area contributed by atoms with E-state index in [1.165, 1.54) is 17.0 Å². The molecule has 3 N–H and O–H groups in total. The van der Waals surface area contributed by atoms with Crippen LogP contribution in [-0.4, -0.2) is 63.8 Å². The van der Waals surface area contributed by atoms with E-state index in [9.17, 15) is 29.4 Å². The summed E-state index contributed by atoms with van der Waals surface area (Å²) < 4.78 is 0. The normalized spacial score (nSPS) is 16.0. The number of aldehydes is 1. The standard InChI is InChI=1S/C15H17N3O6/c1-2-17-5-6-18(14(23)13(17)22)15(24)16-10(8-19)9-3-4-11(20)12(21)7-9/h3-4,7-8,10,20-21H,2,5-6H2,1H3,(H,16,24). The van der Waals surface area contributed by atoms with Gasteiger partial charge in [0.15, 0.2) is 11.5 Å². The number of phenols is 2. The van der Waals surface area contributed by atoms with Crippen LogP contribution < -0.4 is 5.32 Å². The first-order valence-electron chi connectivity index (χ1n) is 7.27. The highest BCUT2D eigenvalue weighted by molar-refractivity contribution is 6.38. The van der Waals surface area contributed by atoms with Crippen molar-refractivity contribution in [1.82, 2.24) is 15.1 Å². The maximum absolute atomic E-state index is 12.2. The number of nitrogens with zero attached hydrogens (tertiary/aromatic N) is 2. The molecule has 1 aromatic carbocycles. The highest BCUT2D eigenvalue weighted by Crippen LogP contribution is 2.27. The second-order valence-electron chi connectivity index (χ2n) is 5.15. The molecule has 1 aromatic rings. The fourth-order valence-corrected chi connectivity index (χ4v) is 2.31. The minimum absolute atomic E-state index is 0.0245. The molecular weight excluding hydrogens is 318 g/mol. The van der Waals surface area contributed by atoms with Gasteiger partial charge in [-0.05, 0) is 24.6 Å². The number of phenolic OH excluding ortho intramolecular Hbond substituents is 2. The SMILES string of the molecule is CCN1CCN(C(=O)NC(C=O)c2ccc(O)c(O)c2)C(=O)C1=O. The third-order valence-electron chi connectivity index (χ3n) is 3.71. The molecule has 1 heterocycles. The lowest BCUT2D eigenvalue weighted by Gasteiger charge is -2.32. The van der Waals surface area contributed by atoms with Crippen molar-refractivity contribution in [2.75, 3.05) is 19.6 Å². The molecule has 2 rings (SSSR count). The van der Waals surface area contributed by atoms with Gasteiger partial charge in [-0.2, -0.15) is 0 Å². The molecule has 1 saturated heterocycles. The molecule has 1 aliphatic heterocycles. The quantitative estimate of drug-likeness (QED) is 0.395. The summed E-state index contributed by atoms with van der Waals surface area (Å²) in [6.45, 7) is 2.33. The Labute approximate surface area is 137 Å². The van der Waals surface area contributed by atoms with E-state index >= 15 is 0 Å². The van der Waals surface area contributed by atoms with Gasteiger partial charge in [-0.1, -0.05) is 6.07 Å². The zero-order valence-corrected chi connectivity index (χ0v) is 12.9. The van der Waals surface area contributed by atoms with Crippen molar-refractivity contribution in [3.05, 3.63) is 23.8 Å². The highest BCUT2D eigenvalue weighted by atomic mass is 16.3. The van der Waals surface area contributed by atoms with Gasteiger partial charge in [0.05, 0.1) is 0 Å². The molecule has 0 bridgehead atoms. The molecule has 1 fully saturated rings. The Hall–Kier alpha value is -3.10. The molecule has 0 aliphatic carbocycles. The first-order chi connectivity index (χ1) is 11.4. The summed E-state index contributed by atoms with van der Waals surface area (Å²) in [4.78, 5) is 49.2. The van der Waals surface area contributed by atoms with Gasteiger partial charge in [0.2, 0.25) is 0 Å². The number of aromatic hydroxyl groups is 2. The Kier molecular flexibility index (Phi) is 5.02. The number of rotatable bonds is 4. The van der Waals surface area contributed by atoms with Crippen LogP contribution in [0.1, 0.15) is 18.5 Å². The Morgan fingerprint density at radius 1 is 1.25 bits per heavy atom. The van der Waals surface area contributed by atoms with E-state index in [0.29, 0.717) is 12.8 Å². The van der Waals surface area contributed by atoms with Gasteiger partial charge >= 0.3 is 17.8 Å². The molecular formula is C15H17N3O6.